The topological polar surface area (TPSA) is 61.8 Å². The molecular formula is C17H13ClFN3O2S. The van der Waals surface area contributed by atoms with Gasteiger partial charge in [-0.05, 0) is 24.3 Å². The highest BCUT2D eigenvalue weighted by Gasteiger charge is 2.29. The maximum absolute atomic E-state index is 13.6. The van der Waals surface area contributed by atoms with E-state index in [4.69, 9.17) is 11.6 Å². The molecule has 0 aromatic heterocycles. The fourth-order valence-corrected chi connectivity index (χ4v) is 3.28. The number of carbonyl (C=O) groups excluding carboxylic acids is 2. The van der Waals surface area contributed by atoms with Crippen LogP contribution in [0.2, 0.25) is 5.02 Å². The molecule has 0 unspecified atom stereocenters. The van der Waals surface area contributed by atoms with Crippen molar-refractivity contribution in [2.24, 2.45) is 4.99 Å². The van der Waals surface area contributed by atoms with Gasteiger partial charge in [0.25, 0.3) is 5.91 Å². The Morgan fingerprint density at radius 1 is 1.24 bits per heavy atom. The van der Waals surface area contributed by atoms with Gasteiger partial charge in [0.15, 0.2) is 5.17 Å². The van der Waals surface area contributed by atoms with Gasteiger partial charge in [0.2, 0.25) is 5.91 Å². The molecule has 3 rings (SSSR count). The van der Waals surface area contributed by atoms with Gasteiger partial charge in [0, 0.05) is 0 Å². The summed E-state index contributed by atoms with van der Waals surface area (Å²) in [6.07, 6.45) is 0. The van der Waals surface area contributed by atoms with Gasteiger partial charge in [-0.25, -0.2) is 4.39 Å². The molecule has 0 atom stereocenters. The van der Waals surface area contributed by atoms with Crippen molar-refractivity contribution < 1.29 is 14.0 Å². The third-order valence-corrected chi connectivity index (χ3v) is 4.66. The summed E-state index contributed by atoms with van der Waals surface area (Å²) < 4.78 is 13.6. The van der Waals surface area contributed by atoms with Crippen LogP contribution in [-0.4, -0.2) is 29.3 Å². The number of amidine groups is 1. The average molecular weight is 378 g/mol. The molecule has 8 heteroatoms. The lowest BCUT2D eigenvalue weighted by atomic mass is 10.3. The number of aliphatic imine (C=N–C) groups is 1. The normalized spacial score (nSPS) is 13.8. The molecule has 0 radical (unpaired) electrons. The summed E-state index contributed by atoms with van der Waals surface area (Å²) in [5.41, 5.74) is 0.632. The van der Waals surface area contributed by atoms with E-state index >= 15 is 0 Å². The van der Waals surface area contributed by atoms with Gasteiger partial charge < -0.3 is 5.32 Å². The van der Waals surface area contributed by atoms with Crippen LogP contribution in [0.1, 0.15) is 0 Å². The number of amides is 2. The van der Waals surface area contributed by atoms with E-state index in [1.165, 1.54) is 17.0 Å². The Labute approximate surface area is 152 Å². The molecule has 0 spiro atoms. The van der Waals surface area contributed by atoms with Gasteiger partial charge in [-0.2, -0.15) is 0 Å². The van der Waals surface area contributed by atoms with Gasteiger partial charge in [0.1, 0.15) is 12.4 Å². The molecule has 2 amide bonds. The second-order valence-electron chi connectivity index (χ2n) is 5.10. The molecule has 0 bridgehead atoms. The Bertz CT molecular complexity index is 859. The number of nitrogens with zero attached hydrogens (tertiary/aromatic N) is 2. The molecule has 5 nitrogen and oxygen atoms in total. The maximum Gasteiger partial charge on any atom is 0.254 e. The summed E-state index contributed by atoms with van der Waals surface area (Å²) in [5, 5.41) is 3.30. The summed E-state index contributed by atoms with van der Waals surface area (Å²) in [7, 11) is 0. The quantitative estimate of drug-likeness (QED) is 0.886. The molecule has 0 fully saturated rings. The Hall–Kier alpha value is -2.38. The fraction of sp³-hybridized carbons (Fsp3) is 0.118. The summed E-state index contributed by atoms with van der Waals surface area (Å²) in [6, 6.07) is 12.8. The third kappa shape index (κ3) is 4.00. The molecule has 1 aliphatic rings. The SMILES string of the molecule is O=C(CSC1=NCC(=O)N1c1ccccc1Cl)Nc1ccccc1F. The van der Waals surface area contributed by atoms with E-state index in [9.17, 15) is 14.0 Å². The first kappa shape index (κ1) is 17.4. The van der Waals surface area contributed by atoms with E-state index in [1.807, 2.05) is 0 Å². The number of hydrogen-bond acceptors (Lipinski definition) is 4. The van der Waals surface area contributed by atoms with Crippen molar-refractivity contribution in [3.8, 4) is 0 Å². The molecular weight excluding hydrogens is 365 g/mol. The first-order chi connectivity index (χ1) is 12.1. The first-order valence-electron chi connectivity index (χ1n) is 7.35. The van der Waals surface area contributed by atoms with E-state index in [1.54, 1.807) is 36.4 Å². The van der Waals surface area contributed by atoms with Crippen LogP contribution in [0.3, 0.4) is 0 Å². The third-order valence-electron chi connectivity index (χ3n) is 3.36. The zero-order chi connectivity index (χ0) is 17.8. The molecule has 1 aliphatic heterocycles. The lowest BCUT2D eigenvalue weighted by Crippen LogP contribution is -2.31. The molecule has 128 valence electrons. The van der Waals surface area contributed by atoms with Crippen LogP contribution in [0.25, 0.3) is 0 Å². The smallest absolute Gasteiger partial charge is 0.254 e. The van der Waals surface area contributed by atoms with Crippen LogP contribution in [0.4, 0.5) is 15.8 Å². The number of nitrogens with one attached hydrogen (secondary N) is 1. The van der Waals surface area contributed by atoms with Crippen molar-refractivity contribution in [2.45, 2.75) is 0 Å². The standard InChI is InChI=1S/C17H13ClFN3O2S/c18-11-5-1-4-8-14(11)22-16(24)9-20-17(22)25-10-15(23)21-13-7-3-2-6-12(13)19/h1-8H,9-10H2,(H,21,23). The lowest BCUT2D eigenvalue weighted by molar-refractivity contribution is -0.116. The van der Waals surface area contributed by atoms with Crippen LogP contribution >= 0.6 is 23.4 Å². The van der Waals surface area contributed by atoms with Crippen molar-refractivity contribution in [2.75, 3.05) is 22.5 Å². The van der Waals surface area contributed by atoms with Gasteiger partial charge in [0.05, 0.1) is 22.2 Å². The van der Waals surface area contributed by atoms with Crippen molar-refractivity contribution in [1.82, 2.24) is 0 Å². The molecule has 0 aliphatic carbocycles. The van der Waals surface area contributed by atoms with Crippen molar-refractivity contribution in [3.05, 3.63) is 59.4 Å². The Balaban J connectivity index is 1.66. The Morgan fingerprint density at radius 3 is 2.72 bits per heavy atom. The number of halogens is 2. The van der Waals surface area contributed by atoms with Crippen LogP contribution in [0, 0.1) is 5.82 Å². The van der Waals surface area contributed by atoms with E-state index in [-0.39, 0.29) is 23.9 Å². The number of benzene rings is 2. The Kier molecular flexibility index (Phi) is 5.35. The van der Waals surface area contributed by atoms with E-state index in [2.05, 4.69) is 10.3 Å². The van der Waals surface area contributed by atoms with Crippen LogP contribution in [0.15, 0.2) is 53.5 Å². The predicted octanol–water partition coefficient (Wildman–Crippen LogP) is 3.55. The highest BCUT2D eigenvalue weighted by molar-refractivity contribution is 8.14. The van der Waals surface area contributed by atoms with Crippen molar-refractivity contribution >= 4 is 51.7 Å². The van der Waals surface area contributed by atoms with Crippen molar-refractivity contribution in [3.63, 3.8) is 0 Å². The fourth-order valence-electron chi connectivity index (χ4n) is 2.24. The monoisotopic (exact) mass is 377 g/mol. The molecule has 1 heterocycles. The van der Waals surface area contributed by atoms with Crippen molar-refractivity contribution in [1.29, 1.82) is 0 Å². The zero-order valence-corrected chi connectivity index (χ0v) is 14.5. The highest BCUT2D eigenvalue weighted by atomic mass is 35.5. The van der Waals surface area contributed by atoms with Gasteiger partial charge in [-0.3, -0.25) is 19.5 Å². The van der Waals surface area contributed by atoms with Gasteiger partial charge in [-0.1, -0.05) is 47.6 Å². The van der Waals surface area contributed by atoms with E-state index in [0.717, 1.165) is 11.8 Å². The Morgan fingerprint density at radius 2 is 1.96 bits per heavy atom. The number of thioether (sulfide) groups is 1. The number of anilines is 2. The average Bonchev–Trinajstić information content (AvgIpc) is 2.96. The first-order valence-corrected chi connectivity index (χ1v) is 8.72. The molecule has 0 saturated heterocycles. The predicted molar refractivity (Wildman–Crippen MR) is 98.7 cm³/mol. The van der Waals surface area contributed by atoms with E-state index in [0.29, 0.717) is 15.9 Å². The second kappa shape index (κ2) is 7.67. The van der Waals surface area contributed by atoms with Gasteiger partial charge >= 0.3 is 0 Å². The summed E-state index contributed by atoms with van der Waals surface area (Å²) in [4.78, 5) is 29.7. The number of hydrogen-bond donors (Lipinski definition) is 1. The number of para-hydroxylation sites is 2. The largest absolute Gasteiger partial charge is 0.323 e. The maximum atomic E-state index is 13.6. The van der Waals surface area contributed by atoms with Crippen LogP contribution < -0.4 is 10.2 Å². The molecule has 25 heavy (non-hydrogen) atoms. The summed E-state index contributed by atoms with van der Waals surface area (Å²) in [6.45, 7) is 0.00247. The summed E-state index contributed by atoms with van der Waals surface area (Å²) in [5.74, 6) is -1.13. The molecule has 0 saturated carbocycles. The zero-order valence-electron chi connectivity index (χ0n) is 12.9. The number of carbonyl (C=O) groups is 2. The highest BCUT2D eigenvalue weighted by Crippen LogP contribution is 2.30. The molecule has 2 aromatic rings. The number of rotatable bonds is 4. The minimum Gasteiger partial charge on any atom is -0.323 e. The lowest BCUT2D eigenvalue weighted by Gasteiger charge is -2.19. The van der Waals surface area contributed by atoms with Gasteiger partial charge in [-0.15, -0.1) is 0 Å². The van der Waals surface area contributed by atoms with Crippen LogP contribution in [0.5, 0.6) is 0 Å². The second-order valence-corrected chi connectivity index (χ2v) is 6.45. The minimum atomic E-state index is -0.507. The van der Waals surface area contributed by atoms with E-state index < -0.39 is 11.7 Å². The molecule has 1 N–H and O–H groups in total. The molecule has 2 aromatic carbocycles. The van der Waals surface area contributed by atoms with Crippen LogP contribution in [-0.2, 0) is 9.59 Å². The summed E-state index contributed by atoms with van der Waals surface area (Å²) >= 11 is 7.24. The minimum absolute atomic E-state index is 0.00247.